The molecule has 0 spiro atoms. The molecule has 96 valence electrons. The van der Waals surface area contributed by atoms with Gasteiger partial charge in [0.25, 0.3) is 5.69 Å². The van der Waals surface area contributed by atoms with Gasteiger partial charge in [-0.2, -0.15) is 0 Å². The van der Waals surface area contributed by atoms with Gasteiger partial charge >= 0.3 is 0 Å². The summed E-state index contributed by atoms with van der Waals surface area (Å²) in [5.41, 5.74) is 4.68. The van der Waals surface area contributed by atoms with Crippen molar-refractivity contribution < 1.29 is 4.92 Å². The van der Waals surface area contributed by atoms with Gasteiger partial charge < -0.3 is 4.90 Å². The molecule has 0 bridgehead atoms. The Bertz CT molecular complexity index is 498. The van der Waals surface area contributed by atoms with Crippen LogP contribution in [0.5, 0.6) is 0 Å². The predicted octanol–water partition coefficient (Wildman–Crippen LogP) is 2.93. The Morgan fingerprint density at radius 1 is 1.28 bits per heavy atom. The van der Waals surface area contributed by atoms with Gasteiger partial charge in [0.1, 0.15) is 0 Å². The molecule has 2 rings (SSSR count). The molecule has 0 unspecified atom stereocenters. The van der Waals surface area contributed by atoms with Gasteiger partial charge in [0.05, 0.1) is 4.92 Å². The van der Waals surface area contributed by atoms with Gasteiger partial charge in [0.15, 0.2) is 0 Å². The van der Waals surface area contributed by atoms with Crippen molar-refractivity contribution in [3.63, 3.8) is 0 Å². The maximum absolute atomic E-state index is 10.8. The van der Waals surface area contributed by atoms with Gasteiger partial charge in [0, 0.05) is 25.2 Å². The van der Waals surface area contributed by atoms with Gasteiger partial charge in [-0.05, 0) is 49.6 Å². The molecule has 0 atom stereocenters. The van der Waals surface area contributed by atoms with Crippen molar-refractivity contribution in [1.82, 2.24) is 4.90 Å². The van der Waals surface area contributed by atoms with Crippen molar-refractivity contribution in [3.05, 3.63) is 45.0 Å². The van der Waals surface area contributed by atoms with Crippen molar-refractivity contribution in [1.29, 1.82) is 0 Å². The van der Waals surface area contributed by atoms with Crippen LogP contribution in [0, 0.1) is 24.0 Å². The number of hydrogen-bond acceptors (Lipinski definition) is 3. The molecular formula is C14H18N2O2. The van der Waals surface area contributed by atoms with Gasteiger partial charge in [-0.3, -0.25) is 10.1 Å². The summed E-state index contributed by atoms with van der Waals surface area (Å²) >= 11 is 0. The van der Waals surface area contributed by atoms with Crippen molar-refractivity contribution in [2.24, 2.45) is 0 Å². The highest BCUT2D eigenvalue weighted by molar-refractivity contribution is 5.73. The largest absolute Gasteiger partial charge is 0.302 e. The highest BCUT2D eigenvalue weighted by Gasteiger charge is 2.17. The van der Waals surface area contributed by atoms with Crippen LogP contribution in [-0.2, 0) is 0 Å². The zero-order valence-corrected chi connectivity index (χ0v) is 11.1. The van der Waals surface area contributed by atoms with Gasteiger partial charge in [-0.15, -0.1) is 0 Å². The first-order chi connectivity index (χ1) is 8.49. The normalized spacial score (nSPS) is 16.5. The van der Waals surface area contributed by atoms with Crippen LogP contribution in [-0.4, -0.2) is 30.0 Å². The third kappa shape index (κ3) is 2.43. The average Bonchev–Trinajstić information content (AvgIpc) is 2.30. The van der Waals surface area contributed by atoms with Gasteiger partial charge in [0.2, 0.25) is 0 Å². The predicted molar refractivity (Wildman–Crippen MR) is 72.7 cm³/mol. The van der Waals surface area contributed by atoms with Crippen molar-refractivity contribution in [2.45, 2.75) is 20.3 Å². The third-order valence-corrected chi connectivity index (χ3v) is 3.46. The van der Waals surface area contributed by atoms with E-state index in [1.165, 1.54) is 11.1 Å². The Hall–Kier alpha value is -1.68. The molecule has 1 aromatic carbocycles. The number of nitro groups is 1. The Kier molecular flexibility index (Phi) is 3.48. The fraction of sp³-hybridized carbons (Fsp3) is 0.429. The fourth-order valence-corrected chi connectivity index (χ4v) is 2.55. The molecule has 0 fully saturated rings. The van der Waals surface area contributed by atoms with E-state index in [1.807, 2.05) is 13.8 Å². The van der Waals surface area contributed by atoms with Crippen molar-refractivity contribution in [3.8, 4) is 0 Å². The van der Waals surface area contributed by atoms with E-state index in [1.54, 1.807) is 12.1 Å². The number of nitrogens with zero attached hydrogens (tertiary/aromatic N) is 2. The van der Waals surface area contributed by atoms with Crippen LogP contribution < -0.4 is 0 Å². The minimum atomic E-state index is -0.327. The molecule has 0 saturated carbocycles. The van der Waals surface area contributed by atoms with Gasteiger partial charge in [-0.25, -0.2) is 0 Å². The van der Waals surface area contributed by atoms with E-state index in [9.17, 15) is 10.1 Å². The molecule has 1 aliphatic heterocycles. The Morgan fingerprint density at radius 3 is 2.33 bits per heavy atom. The van der Waals surface area contributed by atoms with Crippen LogP contribution in [0.3, 0.4) is 0 Å². The van der Waals surface area contributed by atoms with Crippen LogP contribution >= 0.6 is 0 Å². The van der Waals surface area contributed by atoms with Crippen molar-refractivity contribution >= 4 is 11.3 Å². The van der Waals surface area contributed by atoms with E-state index in [4.69, 9.17) is 0 Å². The SMILES string of the molecule is Cc1cc([N+](=O)[O-])cc(C)c1C1=CCN(C)CC1. The summed E-state index contributed by atoms with van der Waals surface area (Å²) in [7, 11) is 2.10. The van der Waals surface area contributed by atoms with Crippen LogP contribution in [0.15, 0.2) is 18.2 Å². The summed E-state index contributed by atoms with van der Waals surface area (Å²) in [6, 6.07) is 3.34. The van der Waals surface area contributed by atoms with Crippen LogP contribution in [0.2, 0.25) is 0 Å². The maximum atomic E-state index is 10.8. The number of non-ortho nitro benzene ring substituents is 1. The molecule has 1 aliphatic rings. The van der Waals surface area contributed by atoms with E-state index < -0.39 is 0 Å². The molecule has 1 heterocycles. The molecule has 0 aromatic heterocycles. The maximum Gasteiger partial charge on any atom is 0.269 e. The Balaban J connectivity index is 2.43. The van der Waals surface area contributed by atoms with Crippen molar-refractivity contribution in [2.75, 3.05) is 20.1 Å². The molecule has 4 nitrogen and oxygen atoms in total. The second-order valence-electron chi connectivity index (χ2n) is 4.95. The standard InChI is InChI=1S/C14H18N2O2/c1-10-8-13(16(17)18)9-11(2)14(10)12-4-6-15(3)7-5-12/h4,8-9H,5-7H2,1-3H3. The molecule has 1 aromatic rings. The third-order valence-electron chi connectivity index (χ3n) is 3.46. The zero-order valence-electron chi connectivity index (χ0n) is 11.1. The summed E-state index contributed by atoms with van der Waals surface area (Å²) in [6.07, 6.45) is 3.24. The number of benzene rings is 1. The second kappa shape index (κ2) is 4.90. The first-order valence-electron chi connectivity index (χ1n) is 6.12. The smallest absolute Gasteiger partial charge is 0.269 e. The lowest BCUT2D eigenvalue weighted by atomic mass is 9.91. The number of aryl methyl sites for hydroxylation is 2. The molecule has 0 aliphatic carbocycles. The molecular weight excluding hydrogens is 228 g/mol. The number of rotatable bonds is 2. The lowest BCUT2D eigenvalue weighted by Gasteiger charge is -2.24. The first kappa shape index (κ1) is 12.8. The van der Waals surface area contributed by atoms with E-state index in [2.05, 4.69) is 18.0 Å². The summed E-state index contributed by atoms with van der Waals surface area (Å²) in [5.74, 6) is 0. The summed E-state index contributed by atoms with van der Waals surface area (Å²) in [5, 5.41) is 10.8. The monoisotopic (exact) mass is 246 g/mol. The lowest BCUT2D eigenvalue weighted by Crippen LogP contribution is -2.24. The minimum absolute atomic E-state index is 0.183. The molecule has 0 amide bonds. The molecule has 4 heteroatoms. The highest BCUT2D eigenvalue weighted by atomic mass is 16.6. The van der Waals surface area contributed by atoms with Gasteiger partial charge in [-0.1, -0.05) is 6.08 Å². The number of nitro benzene ring substituents is 1. The van der Waals surface area contributed by atoms with Crippen LogP contribution in [0.4, 0.5) is 5.69 Å². The Morgan fingerprint density at radius 2 is 1.89 bits per heavy atom. The van der Waals surface area contributed by atoms with E-state index in [0.29, 0.717) is 0 Å². The minimum Gasteiger partial charge on any atom is -0.302 e. The Labute approximate surface area is 107 Å². The summed E-state index contributed by atoms with van der Waals surface area (Å²) < 4.78 is 0. The topological polar surface area (TPSA) is 46.4 Å². The quantitative estimate of drug-likeness (QED) is 0.595. The lowest BCUT2D eigenvalue weighted by molar-refractivity contribution is -0.385. The second-order valence-corrected chi connectivity index (χ2v) is 4.95. The van der Waals surface area contributed by atoms with E-state index >= 15 is 0 Å². The molecule has 0 radical (unpaired) electrons. The van der Waals surface area contributed by atoms with Crippen LogP contribution in [0.25, 0.3) is 5.57 Å². The highest BCUT2D eigenvalue weighted by Crippen LogP contribution is 2.30. The molecule has 18 heavy (non-hydrogen) atoms. The van der Waals surface area contributed by atoms with E-state index in [0.717, 1.165) is 30.6 Å². The molecule has 0 N–H and O–H groups in total. The van der Waals surface area contributed by atoms with E-state index in [-0.39, 0.29) is 10.6 Å². The number of likely N-dealkylation sites (N-methyl/N-ethyl adjacent to an activating group) is 1. The fourth-order valence-electron chi connectivity index (χ4n) is 2.55. The first-order valence-corrected chi connectivity index (χ1v) is 6.12. The summed E-state index contributed by atoms with van der Waals surface area (Å²) in [4.78, 5) is 12.8. The summed E-state index contributed by atoms with van der Waals surface area (Å²) in [6.45, 7) is 5.90. The zero-order chi connectivity index (χ0) is 13.3. The molecule has 0 saturated heterocycles. The number of hydrogen-bond donors (Lipinski definition) is 0. The average molecular weight is 246 g/mol. The van der Waals surface area contributed by atoms with Crippen LogP contribution in [0.1, 0.15) is 23.1 Å².